The van der Waals surface area contributed by atoms with Crippen LogP contribution < -0.4 is 4.74 Å². The van der Waals surface area contributed by atoms with E-state index in [1.165, 1.54) is 43.9 Å². The molecule has 0 aliphatic heterocycles. The summed E-state index contributed by atoms with van der Waals surface area (Å²) in [4.78, 5) is 15.8. The molecule has 4 nitrogen and oxygen atoms in total. The molecule has 0 aliphatic carbocycles. The van der Waals surface area contributed by atoms with Crippen LogP contribution in [-0.2, 0) is 4.74 Å². The molecule has 2 aromatic rings. The largest absolute Gasteiger partial charge is 0.494 e. The summed E-state index contributed by atoms with van der Waals surface area (Å²) in [5.74, 6) is -0.735. The van der Waals surface area contributed by atoms with E-state index in [2.05, 4.69) is 9.72 Å². The average Bonchev–Trinajstić information content (AvgIpc) is 2.88. The first-order valence-electron chi connectivity index (χ1n) is 5.03. The Balaban J connectivity index is 2.37. The highest BCUT2D eigenvalue weighted by Gasteiger charge is 2.13. The molecule has 1 aromatic carbocycles. The van der Waals surface area contributed by atoms with E-state index in [1.54, 1.807) is 6.07 Å². The van der Waals surface area contributed by atoms with Crippen LogP contribution in [0.1, 0.15) is 9.67 Å². The zero-order chi connectivity index (χ0) is 13.1. The highest BCUT2D eigenvalue weighted by Crippen LogP contribution is 2.29. The Morgan fingerprint density at radius 1 is 1.39 bits per heavy atom. The van der Waals surface area contributed by atoms with Crippen molar-refractivity contribution in [1.82, 2.24) is 4.98 Å². The smallest absolute Gasteiger partial charge is 0.349 e. The maximum Gasteiger partial charge on any atom is 0.349 e. The van der Waals surface area contributed by atoms with E-state index in [1.807, 2.05) is 0 Å². The number of carbonyl (C=O) groups excluding carboxylic acids is 1. The normalized spacial score (nSPS) is 10.2. The second-order valence-electron chi connectivity index (χ2n) is 3.37. The van der Waals surface area contributed by atoms with Gasteiger partial charge in [0, 0.05) is 5.56 Å². The maximum absolute atomic E-state index is 13.3. The fraction of sp³-hybridized carbons (Fsp3) is 0.167. The summed E-state index contributed by atoms with van der Waals surface area (Å²) in [7, 11) is 2.70. The summed E-state index contributed by atoms with van der Waals surface area (Å²) < 4.78 is 22.7. The summed E-state index contributed by atoms with van der Waals surface area (Å²) in [6.07, 6.45) is 1.43. The Bertz CT molecular complexity index is 582. The number of esters is 1. The number of halogens is 1. The predicted molar refractivity (Wildman–Crippen MR) is 65.4 cm³/mol. The summed E-state index contributed by atoms with van der Waals surface area (Å²) in [5, 5.41) is 0.605. The molecule has 1 heterocycles. The van der Waals surface area contributed by atoms with E-state index in [9.17, 15) is 9.18 Å². The van der Waals surface area contributed by atoms with Crippen LogP contribution in [0.15, 0.2) is 24.4 Å². The first-order chi connectivity index (χ1) is 8.65. The van der Waals surface area contributed by atoms with Gasteiger partial charge in [-0.25, -0.2) is 14.2 Å². The summed E-state index contributed by atoms with van der Waals surface area (Å²) in [5.41, 5.74) is 0.688. The van der Waals surface area contributed by atoms with E-state index in [4.69, 9.17) is 4.74 Å². The number of nitrogens with zero attached hydrogens (tertiary/aromatic N) is 1. The van der Waals surface area contributed by atoms with E-state index in [0.717, 1.165) is 0 Å². The lowest BCUT2D eigenvalue weighted by Crippen LogP contribution is -1.96. The Labute approximate surface area is 107 Å². The van der Waals surface area contributed by atoms with Crippen LogP contribution >= 0.6 is 11.3 Å². The fourth-order valence-corrected chi connectivity index (χ4v) is 2.23. The van der Waals surface area contributed by atoms with Crippen molar-refractivity contribution in [3.63, 3.8) is 0 Å². The van der Waals surface area contributed by atoms with Gasteiger partial charge in [-0.3, -0.25) is 0 Å². The van der Waals surface area contributed by atoms with Crippen molar-refractivity contribution in [2.45, 2.75) is 0 Å². The van der Waals surface area contributed by atoms with E-state index >= 15 is 0 Å². The van der Waals surface area contributed by atoms with Gasteiger partial charge in [0.25, 0.3) is 0 Å². The van der Waals surface area contributed by atoms with Crippen molar-refractivity contribution >= 4 is 17.3 Å². The third-order valence-corrected chi connectivity index (χ3v) is 3.32. The molecule has 1 aromatic heterocycles. The van der Waals surface area contributed by atoms with Crippen molar-refractivity contribution in [3.8, 4) is 16.3 Å². The minimum Gasteiger partial charge on any atom is -0.494 e. The number of thiazole rings is 1. The molecule has 0 N–H and O–H groups in total. The molecular weight excluding hydrogens is 257 g/mol. The molecule has 0 fully saturated rings. The van der Waals surface area contributed by atoms with Gasteiger partial charge < -0.3 is 9.47 Å². The molecular formula is C12H10FNO3S. The van der Waals surface area contributed by atoms with Crippen LogP contribution in [0.4, 0.5) is 4.39 Å². The number of benzene rings is 1. The number of hydrogen-bond acceptors (Lipinski definition) is 5. The van der Waals surface area contributed by atoms with Crippen molar-refractivity contribution in [1.29, 1.82) is 0 Å². The molecule has 0 saturated heterocycles. The summed E-state index contributed by atoms with van der Waals surface area (Å²) >= 11 is 1.18. The lowest BCUT2D eigenvalue weighted by Gasteiger charge is -2.03. The molecule has 0 atom stereocenters. The molecule has 94 valence electrons. The van der Waals surface area contributed by atoms with Gasteiger partial charge in [-0.15, -0.1) is 11.3 Å². The lowest BCUT2D eigenvalue weighted by atomic mass is 10.2. The van der Waals surface area contributed by atoms with Crippen molar-refractivity contribution in [2.24, 2.45) is 0 Å². The zero-order valence-corrected chi connectivity index (χ0v) is 10.6. The Morgan fingerprint density at radius 3 is 2.83 bits per heavy atom. The van der Waals surface area contributed by atoms with Crippen molar-refractivity contribution < 1.29 is 18.7 Å². The number of aromatic nitrogens is 1. The second-order valence-corrected chi connectivity index (χ2v) is 4.40. The standard InChI is InChI=1S/C12H10FNO3S/c1-16-9-5-7(3-4-8(9)13)11-14-6-10(18-11)12(15)17-2/h3-6H,1-2H3. The van der Waals surface area contributed by atoms with Gasteiger partial charge in [0.2, 0.25) is 0 Å². The third-order valence-electron chi connectivity index (χ3n) is 2.29. The highest BCUT2D eigenvalue weighted by atomic mass is 32.1. The molecule has 0 radical (unpaired) electrons. The number of carbonyl (C=O) groups is 1. The number of methoxy groups -OCH3 is 2. The molecule has 18 heavy (non-hydrogen) atoms. The number of ether oxygens (including phenoxy) is 2. The van der Waals surface area contributed by atoms with Gasteiger partial charge in [0.15, 0.2) is 11.6 Å². The molecule has 0 unspecified atom stereocenters. The van der Waals surface area contributed by atoms with Gasteiger partial charge in [0.1, 0.15) is 9.88 Å². The molecule has 2 rings (SSSR count). The molecule has 0 aliphatic rings. The van der Waals surface area contributed by atoms with Crippen LogP contribution in [0, 0.1) is 5.82 Å². The Morgan fingerprint density at radius 2 is 2.17 bits per heavy atom. The van der Waals surface area contributed by atoms with E-state index in [0.29, 0.717) is 15.4 Å². The van der Waals surface area contributed by atoms with Crippen molar-refractivity contribution in [2.75, 3.05) is 14.2 Å². The second kappa shape index (κ2) is 5.14. The van der Waals surface area contributed by atoms with Gasteiger partial charge in [-0.2, -0.15) is 0 Å². The first-order valence-corrected chi connectivity index (χ1v) is 5.85. The van der Waals surface area contributed by atoms with Gasteiger partial charge in [-0.1, -0.05) is 0 Å². The SMILES string of the molecule is COC(=O)c1cnc(-c2ccc(F)c(OC)c2)s1. The summed E-state index contributed by atoms with van der Waals surface area (Å²) in [6, 6.07) is 4.42. The average molecular weight is 267 g/mol. The molecule has 0 spiro atoms. The Hall–Kier alpha value is -1.95. The van der Waals surface area contributed by atoms with Gasteiger partial charge >= 0.3 is 5.97 Å². The number of rotatable bonds is 3. The zero-order valence-electron chi connectivity index (χ0n) is 9.77. The molecule has 0 amide bonds. The molecule has 0 saturated carbocycles. The highest BCUT2D eigenvalue weighted by molar-refractivity contribution is 7.16. The van der Waals surface area contributed by atoms with Crippen LogP contribution in [0.3, 0.4) is 0 Å². The van der Waals surface area contributed by atoms with Crippen molar-refractivity contribution in [3.05, 3.63) is 35.1 Å². The van der Waals surface area contributed by atoms with Gasteiger partial charge in [-0.05, 0) is 18.2 Å². The fourth-order valence-electron chi connectivity index (χ4n) is 1.40. The Kier molecular flexibility index (Phi) is 3.57. The van der Waals surface area contributed by atoms with Crippen LogP contribution in [0.2, 0.25) is 0 Å². The summed E-state index contributed by atoms with van der Waals surface area (Å²) in [6.45, 7) is 0. The third kappa shape index (κ3) is 2.33. The monoisotopic (exact) mass is 267 g/mol. The number of hydrogen-bond donors (Lipinski definition) is 0. The lowest BCUT2D eigenvalue weighted by molar-refractivity contribution is 0.0606. The molecule has 0 bridgehead atoms. The maximum atomic E-state index is 13.3. The minimum absolute atomic E-state index is 0.141. The first kappa shape index (κ1) is 12.5. The van der Waals surface area contributed by atoms with E-state index in [-0.39, 0.29) is 5.75 Å². The van der Waals surface area contributed by atoms with Crippen LogP contribution in [0.5, 0.6) is 5.75 Å². The van der Waals surface area contributed by atoms with Gasteiger partial charge in [0.05, 0.1) is 20.4 Å². The topological polar surface area (TPSA) is 48.4 Å². The minimum atomic E-state index is -0.439. The van der Waals surface area contributed by atoms with Crippen LogP contribution in [-0.4, -0.2) is 25.2 Å². The molecule has 6 heteroatoms. The van der Waals surface area contributed by atoms with E-state index < -0.39 is 11.8 Å². The quantitative estimate of drug-likeness (QED) is 0.802. The predicted octanol–water partition coefficient (Wildman–Crippen LogP) is 2.74. The van der Waals surface area contributed by atoms with Crippen LogP contribution in [0.25, 0.3) is 10.6 Å².